The van der Waals surface area contributed by atoms with E-state index in [4.69, 9.17) is 11.6 Å². The zero-order valence-corrected chi connectivity index (χ0v) is 5.44. The predicted octanol–water partition coefficient (Wildman–Crippen LogP) is 1.44. The second kappa shape index (κ2) is 4.91. The van der Waals surface area contributed by atoms with Crippen LogP contribution < -0.4 is 0 Å². The first-order valence-corrected chi connectivity index (χ1v) is 2.91. The lowest BCUT2D eigenvalue weighted by molar-refractivity contribution is 0.237. The highest BCUT2D eigenvalue weighted by atomic mass is 35.5. The Morgan fingerprint density at radius 2 is 2.50 bits per heavy atom. The summed E-state index contributed by atoms with van der Waals surface area (Å²) >= 11 is 5.40. The smallest absolute Gasteiger partial charge is 0.419 e. The Bertz CT molecular complexity index is 65.4. The molecule has 0 aromatic carbocycles. The molecule has 0 rings (SSSR count). The monoisotopic (exact) mass is 135 g/mol. The Balaban J connectivity index is 3.03. The second-order valence-corrected chi connectivity index (χ2v) is 1.89. The van der Waals surface area contributed by atoms with E-state index in [1.54, 1.807) is 0 Å². The third-order valence-corrected chi connectivity index (χ3v) is 0.999. The first kappa shape index (κ1) is 7.76. The van der Waals surface area contributed by atoms with Gasteiger partial charge in [0.15, 0.2) is 5.56 Å². The highest BCUT2D eigenvalue weighted by Gasteiger charge is 1.99. The fraction of sp³-hybridized carbons (Fsp3) is 0.800. The van der Waals surface area contributed by atoms with Gasteiger partial charge >= 0.3 is 6.47 Å². The molecule has 1 atom stereocenters. The number of alkyl halides is 1. The van der Waals surface area contributed by atoms with Crippen LogP contribution >= 0.6 is 11.6 Å². The molecule has 0 spiro atoms. The van der Waals surface area contributed by atoms with Crippen LogP contribution in [0.2, 0.25) is 0 Å². The Hall–Kier alpha value is -0.240. The van der Waals surface area contributed by atoms with Crippen molar-refractivity contribution in [3.05, 3.63) is 0 Å². The van der Waals surface area contributed by atoms with Gasteiger partial charge in [0.1, 0.15) is 0 Å². The van der Waals surface area contributed by atoms with Gasteiger partial charge < -0.3 is 4.74 Å². The maximum Gasteiger partial charge on any atom is 0.419 e. The van der Waals surface area contributed by atoms with E-state index in [0.29, 0.717) is 6.42 Å². The Morgan fingerprint density at radius 1 is 1.88 bits per heavy atom. The van der Waals surface area contributed by atoms with Gasteiger partial charge in [0.2, 0.25) is 0 Å². The lowest BCUT2D eigenvalue weighted by Crippen LogP contribution is -2.01. The van der Waals surface area contributed by atoms with Crippen LogP contribution in [0.4, 0.5) is 0 Å². The summed E-state index contributed by atoms with van der Waals surface area (Å²) < 4.78 is 4.24. The van der Waals surface area contributed by atoms with Crippen molar-refractivity contribution in [2.75, 3.05) is 0 Å². The van der Waals surface area contributed by atoms with E-state index < -0.39 is 5.56 Å². The van der Waals surface area contributed by atoms with E-state index >= 15 is 0 Å². The molecule has 0 aliphatic carbocycles. The van der Waals surface area contributed by atoms with Gasteiger partial charge in [0, 0.05) is 0 Å². The standard InChI is InChI=1S/C5H8ClO2/c1-2-3-5(6)8-4-7/h5H,2-3H2,1H3. The van der Waals surface area contributed by atoms with Gasteiger partial charge in [-0.15, -0.1) is 0 Å². The molecular weight excluding hydrogens is 128 g/mol. The van der Waals surface area contributed by atoms with Crippen LogP contribution in [-0.4, -0.2) is 12.0 Å². The van der Waals surface area contributed by atoms with Gasteiger partial charge in [0.05, 0.1) is 0 Å². The van der Waals surface area contributed by atoms with Crippen LogP contribution in [0.25, 0.3) is 0 Å². The van der Waals surface area contributed by atoms with Crippen LogP contribution in [0.5, 0.6) is 0 Å². The minimum atomic E-state index is -0.488. The molecule has 0 heterocycles. The predicted molar refractivity (Wildman–Crippen MR) is 31.3 cm³/mol. The van der Waals surface area contributed by atoms with Gasteiger partial charge in [-0.3, -0.25) is 0 Å². The number of halogens is 1. The quantitative estimate of drug-likeness (QED) is 0.546. The van der Waals surface area contributed by atoms with Crippen molar-refractivity contribution in [3.8, 4) is 0 Å². The zero-order valence-electron chi connectivity index (χ0n) is 4.69. The molecule has 0 amide bonds. The molecule has 1 radical (unpaired) electrons. The lowest BCUT2D eigenvalue weighted by atomic mass is 10.4. The van der Waals surface area contributed by atoms with E-state index in [1.807, 2.05) is 6.92 Å². The highest BCUT2D eigenvalue weighted by molar-refractivity contribution is 6.19. The Kier molecular flexibility index (Phi) is 4.76. The summed E-state index contributed by atoms with van der Waals surface area (Å²) in [5.41, 5.74) is -0.488. The number of hydrogen-bond donors (Lipinski definition) is 0. The third-order valence-electron chi connectivity index (χ3n) is 0.692. The van der Waals surface area contributed by atoms with Crippen molar-refractivity contribution in [1.82, 2.24) is 0 Å². The van der Waals surface area contributed by atoms with Crippen LogP contribution in [-0.2, 0) is 9.53 Å². The second-order valence-electron chi connectivity index (χ2n) is 1.40. The molecule has 0 aromatic heterocycles. The molecule has 0 aliphatic rings. The minimum Gasteiger partial charge on any atom is -0.438 e. The summed E-state index contributed by atoms with van der Waals surface area (Å²) in [6.45, 7) is 3.23. The average molecular weight is 136 g/mol. The van der Waals surface area contributed by atoms with Gasteiger partial charge in [-0.25, -0.2) is 4.79 Å². The topological polar surface area (TPSA) is 26.3 Å². The normalized spacial score (nSPS) is 12.8. The van der Waals surface area contributed by atoms with Gasteiger partial charge in [-0.05, 0) is 6.42 Å². The summed E-state index contributed by atoms with van der Waals surface area (Å²) in [5, 5.41) is 0. The van der Waals surface area contributed by atoms with Gasteiger partial charge in [-0.1, -0.05) is 24.9 Å². The van der Waals surface area contributed by atoms with Crippen molar-refractivity contribution in [3.63, 3.8) is 0 Å². The molecule has 0 N–H and O–H groups in total. The summed E-state index contributed by atoms with van der Waals surface area (Å²) in [5.74, 6) is 0. The third kappa shape index (κ3) is 3.93. The molecule has 47 valence electrons. The van der Waals surface area contributed by atoms with Crippen molar-refractivity contribution in [2.45, 2.75) is 25.3 Å². The van der Waals surface area contributed by atoms with E-state index in [9.17, 15) is 4.79 Å². The summed E-state index contributed by atoms with van der Waals surface area (Å²) in [6.07, 6.45) is 1.60. The van der Waals surface area contributed by atoms with E-state index in [-0.39, 0.29) is 0 Å². The fourth-order valence-corrected chi connectivity index (χ4v) is 0.593. The first-order valence-electron chi connectivity index (χ1n) is 2.48. The SMILES string of the molecule is CCCC(Cl)O[C]=O. The summed E-state index contributed by atoms with van der Waals surface area (Å²) in [7, 11) is 0. The Labute approximate surface area is 53.8 Å². The molecule has 2 nitrogen and oxygen atoms in total. The molecule has 1 unspecified atom stereocenters. The summed E-state index contributed by atoms with van der Waals surface area (Å²) in [4.78, 5) is 9.46. The number of carbonyl (C=O) groups excluding carboxylic acids is 1. The van der Waals surface area contributed by atoms with Crippen molar-refractivity contribution in [1.29, 1.82) is 0 Å². The molecular formula is C5H8ClO2. The first-order chi connectivity index (χ1) is 3.81. The van der Waals surface area contributed by atoms with Crippen LogP contribution in [0.3, 0.4) is 0 Å². The van der Waals surface area contributed by atoms with Crippen LogP contribution in [0, 0.1) is 0 Å². The van der Waals surface area contributed by atoms with Gasteiger partial charge in [-0.2, -0.15) is 0 Å². The van der Waals surface area contributed by atoms with Crippen LogP contribution in [0.15, 0.2) is 0 Å². The number of hydrogen-bond acceptors (Lipinski definition) is 2. The molecule has 0 saturated heterocycles. The van der Waals surface area contributed by atoms with Crippen molar-refractivity contribution in [2.24, 2.45) is 0 Å². The van der Waals surface area contributed by atoms with E-state index in [1.165, 1.54) is 6.47 Å². The molecule has 0 aromatic rings. The van der Waals surface area contributed by atoms with E-state index in [0.717, 1.165) is 6.42 Å². The minimum absolute atomic E-state index is 0.488. The molecule has 3 heteroatoms. The molecule has 0 bridgehead atoms. The van der Waals surface area contributed by atoms with Crippen molar-refractivity contribution >= 4 is 18.1 Å². The maximum absolute atomic E-state index is 9.46. The van der Waals surface area contributed by atoms with E-state index in [2.05, 4.69) is 4.74 Å². The fourth-order valence-electron chi connectivity index (χ4n) is 0.338. The molecule has 0 fully saturated rings. The number of rotatable bonds is 4. The lowest BCUT2D eigenvalue weighted by Gasteiger charge is -2.01. The Morgan fingerprint density at radius 3 is 2.88 bits per heavy atom. The van der Waals surface area contributed by atoms with Crippen molar-refractivity contribution < 1.29 is 9.53 Å². The molecule has 0 saturated carbocycles. The highest BCUT2D eigenvalue weighted by Crippen LogP contribution is 2.03. The van der Waals surface area contributed by atoms with Gasteiger partial charge in [0.25, 0.3) is 0 Å². The summed E-state index contributed by atoms with van der Waals surface area (Å²) in [6, 6.07) is 0. The average Bonchev–Trinajstić information content (AvgIpc) is 1.68. The molecule has 0 aliphatic heterocycles. The maximum atomic E-state index is 9.46. The largest absolute Gasteiger partial charge is 0.438 e. The number of ether oxygens (including phenoxy) is 1. The zero-order chi connectivity index (χ0) is 6.41. The van der Waals surface area contributed by atoms with Crippen LogP contribution in [0.1, 0.15) is 19.8 Å². The molecule has 8 heavy (non-hydrogen) atoms.